The summed E-state index contributed by atoms with van der Waals surface area (Å²) in [5.41, 5.74) is 1.32. The van der Waals surface area contributed by atoms with E-state index in [-0.39, 0.29) is 29.7 Å². The predicted molar refractivity (Wildman–Crippen MR) is 88.6 cm³/mol. The second kappa shape index (κ2) is 5.05. The number of carbonyl (C=O) groups is 1. The molecule has 25 heavy (non-hydrogen) atoms. The molecule has 2 aliphatic carbocycles. The number of carbonyl (C=O) groups excluding carboxylic acids is 1. The molecule has 3 aliphatic rings. The minimum Gasteiger partial charge on any atom is -0.489 e. The number of para-hydroxylation sites is 1. The molecule has 0 aromatic heterocycles. The van der Waals surface area contributed by atoms with Crippen molar-refractivity contribution in [3.05, 3.63) is 65.5 Å². The quantitative estimate of drug-likeness (QED) is 0.903. The molecule has 3 unspecified atom stereocenters. The van der Waals surface area contributed by atoms with Crippen LogP contribution in [0.4, 0.5) is 4.39 Å². The third-order valence-electron chi connectivity index (χ3n) is 5.73. The zero-order valence-electron chi connectivity index (χ0n) is 13.5. The number of aliphatic hydroxyl groups excluding tert-OH is 1. The predicted octanol–water partition coefficient (Wildman–Crippen LogP) is 2.47. The van der Waals surface area contributed by atoms with Gasteiger partial charge in [-0.05, 0) is 23.8 Å². The molecule has 2 aromatic carbocycles. The molecule has 0 spiro atoms. The number of aliphatic hydroxyl groups is 1. The molecular formula is C20H18FNO3. The van der Waals surface area contributed by atoms with E-state index in [1.54, 1.807) is 12.1 Å². The molecule has 5 rings (SSSR count). The monoisotopic (exact) mass is 339 g/mol. The first kappa shape index (κ1) is 14.9. The Bertz CT molecular complexity index is 844. The van der Waals surface area contributed by atoms with Crippen LogP contribution in [0.2, 0.25) is 0 Å². The lowest BCUT2D eigenvalue weighted by atomic mass is 9.69. The Morgan fingerprint density at radius 1 is 1.16 bits per heavy atom. The molecule has 0 saturated heterocycles. The highest BCUT2D eigenvalue weighted by Gasteiger charge is 2.63. The molecule has 4 nitrogen and oxygen atoms in total. The number of hydrogen-bond donors (Lipinski definition) is 2. The maximum absolute atomic E-state index is 13.2. The number of amides is 1. The molecule has 0 radical (unpaired) electrons. The second-order valence-electron chi connectivity index (χ2n) is 7.31. The van der Waals surface area contributed by atoms with E-state index in [2.05, 4.69) is 5.32 Å². The van der Waals surface area contributed by atoms with Crippen molar-refractivity contribution >= 4 is 5.91 Å². The largest absolute Gasteiger partial charge is 0.489 e. The highest BCUT2D eigenvalue weighted by molar-refractivity contribution is 5.86. The summed E-state index contributed by atoms with van der Waals surface area (Å²) < 4.78 is 19.1. The normalized spacial score (nSPS) is 34.3. The van der Waals surface area contributed by atoms with Gasteiger partial charge in [-0.15, -0.1) is 0 Å². The summed E-state index contributed by atoms with van der Waals surface area (Å²) in [6.45, 7) is 0. The fraction of sp³-hybridized carbons (Fsp3) is 0.350. The fourth-order valence-corrected chi connectivity index (χ4v) is 4.37. The maximum atomic E-state index is 13.2. The van der Waals surface area contributed by atoms with Crippen molar-refractivity contribution in [1.82, 2.24) is 5.32 Å². The second-order valence-corrected chi connectivity index (χ2v) is 7.31. The maximum Gasteiger partial charge on any atom is 0.228 e. The van der Waals surface area contributed by atoms with Crippen molar-refractivity contribution in [2.45, 2.75) is 36.5 Å². The molecular weight excluding hydrogens is 321 g/mol. The van der Waals surface area contributed by atoms with Crippen LogP contribution in [0.25, 0.3) is 0 Å². The lowest BCUT2D eigenvalue weighted by molar-refractivity contribution is -0.128. The Kier molecular flexibility index (Phi) is 3.01. The van der Waals surface area contributed by atoms with Gasteiger partial charge in [0, 0.05) is 24.3 Å². The van der Waals surface area contributed by atoms with E-state index in [9.17, 15) is 14.3 Å². The minimum absolute atomic E-state index is 0.0549. The summed E-state index contributed by atoms with van der Waals surface area (Å²) in [6, 6.07) is 14.0. The number of rotatable bonds is 3. The molecule has 0 bridgehead atoms. The van der Waals surface area contributed by atoms with Gasteiger partial charge in [-0.1, -0.05) is 30.3 Å². The summed E-state index contributed by atoms with van der Waals surface area (Å²) in [6.07, 6.45) is 0.363. The minimum atomic E-state index is -0.611. The van der Waals surface area contributed by atoms with E-state index >= 15 is 0 Å². The van der Waals surface area contributed by atoms with Crippen LogP contribution in [0.1, 0.15) is 29.9 Å². The van der Waals surface area contributed by atoms with E-state index in [1.807, 2.05) is 24.3 Å². The average molecular weight is 339 g/mol. The van der Waals surface area contributed by atoms with E-state index in [0.29, 0.717) is 12.8 Å². The third kappa shape index (κ3) is 2.19. The fourth-order valence-electron chi connectivity index (χ4n) is 4.37. The molecule has 2 fully saturated rings. The van der Waals surface area contributed by atoms with Gasteiger partial charge < -0.3 is 15.2 Å². The SMILES string of the molecule is O=C(NC1(c2ccc(F)cc2)CC(O)C1)C1C2Oc3ccccc3C21. The zero-order chi connectivity index (χ0) is 17.2. The Morgan fingerprint density at radius 3 is 2.60 bits per heavy atom. The standard InChI is InChI=1S/C20H18FNO3/c21-12-7-5-11(6-8-12)20(9-13(23)10-20)22-19(24)17-16-14-3-1-2-4-15(14)25-18(16)17/h1-8,13,16-18,23H,9-10H2,(H,22,24). The van der Waals surface area contributed by atoms with Gasteiger partial charge in [0.2, 0.25) is 5.91 Å². The summed E-state index contributed by atoms with van der Waals surface area (Å²) in [4.78, 5) is 12.8. The van der Waals surface area contributed by atoms with Gasteiger partial charge in [0.15, 0.2) is 0 Å². The molecule has 1 heterocycles. The number of fused-ring (bicyclic) bond motifs is 3. The van der Waals surface area contributed by atoms with E-state index < -0.39 is 11.6 Å². The Morgan fingerprint density at radius 2 is 1.88 bits per heavy atom. The van der Waals surface area contributed by atoms with Gasteiger partial charge >= 0.3 is 0 Å². The lowest BCUT2D eigenvalue weighted by Crippen LogP contribution is -2.57. The van der Waals surface area contributed by atoms with Gasteiger partial charge in [-0.3, -0.25) is 4.79 Å². The molecule has 2 saturated carbocycles. The molecule has 3 atom stereocenters. The number of halogens is 1. The summed E-state index contributed by atoms with van der Waals surface area (Å²) in [5.74, 6) is 0.429. The van der Waals surface area contributed by atoms with E-state index in [1.165, 1.54) is 12.1 Å². The van der Waals surface area contributed by atoms with Crippen molar-refractivity contribution in [3.63, 3.8) is 0 Å². The van der Waals surface area contributed by atoms with Gasteiger partial charge in [0.1, 0.15) is 17.7 Å². The molecule has 1 amide bonds. The molecule has 1 aliphatic heterocycles. The van der Waals surface area contributed by atoms with Crippen LogP contribution in [0, 0.1) is 11.7 Å². The molecule has 128 valence electrons. The number of nitrogens with one attached hydrogen (secondary N) is 1. The summed E-state index contributed by atoms with van der Waals surface area (Å²) >= 11 is 0. The number of benzene rings is 2. The van der Waals surface area contributed by atoms with Crippen molar-refractivity contribution in [3.8, 4) is 5.75 Å². The zero-order valence-corrected chi connectivity index (χ0v) is 13.5. The van der Waals surface area contributed by atoms with Crippen molar-refractivity contribution in [1.29, 1.82) is 0 Å². The van der Waals surface area contributed by atoms with Crippen LogP contribution in [0.15, 0.2) is 48.5 Å². The molecule has 2 N–H and O–H groups in total. The van der Waals surface area contributed by atoms with Crippen LogP contribution in [0.3, 0.4) is 0 Å². The average Bonchev–Trinajstić information content (AvgIpc) is 3.16. The van der Waals surface area contributed by atoms with Crippen molar-refractivity contribution in [2.75, 3.05) is 0 Å². The lowest BCUT2D eigenvalue weighted by Gasteiger charge is -2.46. The molecule has 5 heteroatoms. The van der Waals surface area contributed by atoms with E-state index in [0.717, 1.165) is 16.9 Å². The topological polar surface area (TPSA) is 58.6 Å². The highest BCUT2D eigenvalue weighted by Crippen LogP contribution is 2.58. The van der Waals surface area contributed by atoms with Gasteiger partial charge in [0.05, 0.1) is 17.6 Å². The first-order chi connectivity index (χ1) is 12.1. The van der Waals surface area contributed by atoms with Crippen LogP contribution in [-0.2, 0) is 10.3 Å². The Labute approximate surface area is 144 Å². The number of ether oxygens (including phenoxy) is 1. The van der Waals surface area contributed by atoms with Crippen LogP contribution in [-0.4, -0.2) is 23.2 Å². The van der Waals surface area contributed by atoms with E-state index in [4.69, 9.17) is 4.74 Å². The Balaban J connectivity index is 1.36. The first-order valence-corrected chi connectivity index (χ1v) is 8.59. The highest BCUT2D eigenvalue weighted by atomic mass is 19.1. The van der Waals surface area contributed by atoms with Crippen molar-refractivity contribution < 1.29 is 19.0 Å². The Hall–Kier alpha value is -2.40. The summed E-state index contributed by atoms with van der Waals surface area (Å²) in [5, 5.41) is 12.9. The third-order valence-corrected chi connectivity index (χ3v) is 5.73. The van der Waals surface area contributed by atoms with Crippen LogP contribution in [0.5, 0.6) is 5.75 Å². The van der Waals surface area contributed by atoms with Gasteiger partial charge in [-0.25, -0.2) is 4.39 Å². The van der Waals surface area contributed by atoms with Crippen LogP contribution < -0.4 is 10.1 Å². The van der Waals surface area contributed by atoms with Gasteiger partial charge in [0.25, 0.3) is 0 Å². The smallest absolute Gasteiger partial charge is 0.228 e. The molecule has 2 aromatic rings. The van der Waals surface area contributed by atoms with Crippen LogP contribution >= 0.6 is 0 Å². The summed E-state index contributed by atoms with van der Waals surface area (Å²) in [7, 11) is 0. The van der Waals surface area contributed by atoms with Crippen molar-refractivity contribution in [2.24, 2.45) is 5.92 Å². The number of hydrogen-bond acceptors (Lipinski definition) is 3. The first-order valence-electron chi connectivity index (χ1n) is 8.59. The van der Waals surface area contributed by atoms with Gasteiger partial charge in [-0.2, -0.15) is 0 Å².